The summed E-state index contributed by atoms with van der Waals surface area (Å²) in [6.07, 6.45) is 2.37. The number of hydrogen-bond donors (Lipinski definition) is 4. The summed E-state index contributed by atoms with van der Waals surface area (Å²) in [4.78, 5) is 24.0. The van der Waals surface area contributed by atoms with Crippen molar-refractivity contribution < 1.29 is 9.59 Å². The molecule has 0 aliphatic carbocycles. The third-order valence-corrected chi connectivity index (χ3v) is 4.92. The molecule has 0 fully saturated rings. The molecule has 0 unspecified atom stereocenters. The van der Waals surface area contributed by atoms with E-state index in [-0.39, 0.29) is 33.1 Å². The minimum atomic E-state index is -0.361. The van der Waals surface area contributed by atoms with Gasteiger partial charge < -0.3 is 21.8 Å². The van der Waals surface area contributed by atoms with Gasteiger partial charge in [0.1, 0.15) is 0 Å². The molecule has 0 saturated carbocycles. The van der Waals surface area contributed by atoms with E-state index in [1.807, 2.05) is 0 Å². The van der Waals surface area contributed by atoms with E-state index in [1.54, 1.807) is 0 Å². The molecule has 1 aromatic rings. The van der Waals surface area contributed by atoms with Crippen molar-refractivity contribution in [1.29, 1.82) is 5.41 Å². The lowest BCUT2D eigenvalue weighted by Crippen LogP contribution is -2.30. The van der Waals surface area contributed by atoms with Crippen LogP contribution in [0.4, 0.5) is 0 Å². The van der Waals surface area contributed by atoms with Crippen LogP contribution in [0.15, 0.2) is 23.2 Å². The van der Waals surface area contributed by atoms with E-state index in [1.165, 1.54) is 30.0 Å². The van der Waals surface area contributed by atoms with E-state index < -0.39 is 0 Å². The third-order valence-electron chi connectivity index (χ3n) is 3.44. The van der Waals surface area contributed by atoms with Gasteiger partial charge in [-0.05, 0) is 24.6 Å². The number of thioether (sulfide) groups is 1. The first-order valence-electron chi connectivity index (χ1n) is 7.61. The van der Waals surface area contributed by atoms with Gasteiger partial charge in [-0.3, -0.25) is 9.59 Å². The Hall–Kier alpha value is -1.70. The lowest BCUT2D eigenvalue weighted by molar-refractivity contribution is -0.120. The van der Waals surface area contributed by atoms with Gasteiger partial charge in [0.25, 0.3) is 5.91 Å². The zero-order chi connectivity index (χ0) is 18.4. The molecule has 1 heterocycles. The molecule has 9 heteroatoms. The van der Waals surface area contributed by atoms with E-state index >= 15 is 0 Å². The standard InChI is InChI=1S/C16H18Cl2N4O2S/c17-11-7-12(18)10-6-9(11)13(19)8-14(20)25-5-2-15(23)21-3-1-4-22-16(10)24/h6-8,19H,1-5,20H2,(H,21,23)(H,22,24). The quantitative estimate of drug-likeness (QED) is 0.536. The van der Waals surface area contributed by atoms with Gasteiger partial charge in [0.05, 0.1) is 26.3 Å². The van der Waals surface area contributed by atoms with Crippen LogP contribution in [-0.2, 0) is 4.79 Å². The van der Waals surface area contributed by atoms with Gasteiger partial charge >= 0.3 is 0 Å². The molecule has 5 N–H and O–H groups in total. The molecule has 0 radical (unpaired) electrons. The first-order valence-corrected chi connectivity index (χ1v) is 9.35. The van der Waals surface area contributed by atoms with Gasteiger partial charge in [-0.1, -0.05) is 23.2 Å². The number of amides is 2. The van der Waals surface area contributed by atoms with Crippen molar-refractivity contribution in [3.05, 3.63) is 44.4 Å². The highest BCUT2D eigenvalue weighted by Crippen LogP contribution is 2.27. The fourth-order valence-electron chi connectivity index (χ4n) is 2.15. The average molecular weight is 401 g/mol. The summed E-state index contributed by atoms with van der Waals surface area (Å²) in [5.74, 6) is 0.0724. The summed E-state index contributed by atoms with van der Waals surface area (Å²) in [5.41, 5.74) is 6.56. The van der Waals surface area contributed by atoms with Crippen molar-refractivity contribution in [3.63, 3.8) is 0 Å². The predicted molar refractivity (Wildman–Crippen MR) is 103 cm³/mol. The van der Waals surface area contributed by atoms with Crippen molar-refractivity contribution in [2.75, 3.05) is 18.8 Å². The Labute approximate surface area is 160 Å². The van der Waals surface area contributed by atoms with Gasteiger partial charge in [0, 0.05) is 30.8 Å². The highest BCUT2D eigenvalue weighted by molar-refractivity contribution is 8.03. The predicted octanol–water partition coefficient (Wildman–Crippen LogP) is 2.53. The normalized spacial score (nSPS) is 17.5. The highest BCUT2D eigenvalue weighted by atomic mass is 35.5. The molecule has 25 heavy (non-hydrogen) atoms. The number of rotatable bonds is 0. The largest absolute Gasteiger partial charge is 0.393 e. The smallest absolute Gasteiger partial charge is 0.252 e. The second-order valence-electron chi connectivity index (χ2n) is 5.33. The monoisotopic (exact) mass is 400 g/mol. The van der Waals surface area contributed by atoms with E-state index in [9.17, 15) is 9.59 Å². The Morgan fingerprint density at radius 3 is 2.52 bits per heavy atom. The molecule has 6 nitrogen and oxygen atoms in total. The van der Waals surface area contributed by atoms with E-state index in [2.05, 4.69) is 10.6 Å². The maximum absolute atomic E-state index is 12.3. The minimum absolute atomic E-state index is 0.0669. The van der Waals surface area contributed by atoms with Crippen LogP contribution in [0.1, 0.15) is 28.8 Å². The molecule has 1 aliphatic rings. The molecule has 0 spiro atoms. The molecular weight excluding hydrogens is 383 g/mol. The van der Waals surface area contributed by atoms with Gasteiger partial charge in [-0.25, -0.2) is 0 Å². The van der Waals surface area contributed by atoms with Crippen LogP contribution >= 0.6 is 35.0 Å². The van der Waals surface area contributed by atoms with Crippen molar-refractivity contribution >= 4 is 52.5 Å². The second kappa shape index (κ2) is 9.12. The zero-order valence-corrected chi connectivity index (χ0v) is 15.7. The van der Waals surface area contributed by atoms with Crippen LogP contribution in [0, 0.1) is 5.41 Å². The number of fused-ring (bicyclic) bond motifs is 2. The molecule has 2 rings (SSSR count). The van der Waals surface area contributed by atoms with Gasteiger partial charge in [0.2, 0.25) is 5.91 Å². The molecule has 134 valence electrons. The van der Waals surface area contributed by atoms with Crippen LogP contribution in [0.3, 0.4) is 0 Å². The van der Waals surface area contributed by atoms with Crippen LogP contribution in [0.25, 0.3) is 0 Å². The number of halogens is 2. The number of carbonyl (C=O) groups is 2. The first kappa shape index (κ1) is 19.6. The molecule has 1 aliphatic heterocycles. The Morgan fingerprint density at radius 2 is 1.76 bits per heavy atom. The highest BCUT2D eigenvalue weighted by Gasteiger charge is 2.16. The second-order valence-corrected chi connectivity index (χ2v) is 7.31. The van der Waals surface area contributed by atoms with Crippen molar-refractivity contribution in [1.82, 2.24) is 10.6 Å². The summed E-state index contributed by atoms with van der Waals surface area (Å²) >= 11 is 13.5. The van der Waals surface area contributed by atoms with E-state index in [0.29, 0.717) is 42.3 Å². The first-order chi connectivity index (χ1) is 11.9. The summed E-state index contributed by atoms with van der Waals surface area (Å²) < 4.78 is 0. The SMILES string of the molecule is N=C1C=C(N)SCCC(=O)NCCCNC(=O)c2cc1c(Cl)cc2Cl. The topological polar surface area (TPSA) is 108 Å². The fourth-order valence-corrected chi connectivity index (χ4v) is 3.45. The maximum Gasteiger partial charge on any atom is 0.252 e. The molecule has 2 amide bonds. The lowest BCUT2D eigenvalue weighted by Gasteiger charge is -2.12. The molecule has 2 bridgehead atoms. The molecule has 1 aromatic carbocycles. The molecule has 0 saturated heterocycles. The zero-order valence-electron chi connectivity index (χ0n) is 13.3. The summed E-state index contributed by atoms with van der Waals surface area (Å²) in [7, 11) is 0. The Kier molecular flexibility index (Phi) is 7.16. The summed E-state index contributed by atoms with van der Waals surface area (Å²) in [6.45, 7) is 0.867. The number of allylic oxidation sites excluding steroid dienone is 1. The third kappa shape index (κ3) is 5.66. The number of benzene rings is 1. The Morgan fingerprint density at radius 1 is 1.08 bits per heavy atom. The van der Waals surface area contributed by atoms with Crippen LogP contribution < -0.4 is 16.4 Å². The van der Waals surface area contributed by atoms with Crippen LogP contribution in [0.5, 0.6) is 0 Å². The van der Waals surface area contributed by atoms with Crippen molar-refractivity contribution in [2.24, 2.45) is 5.73 Å². The minimum Gasteiger partial charge on any atom is -0.393 e. The number of hydrogen-bond acceptors (Lipinski definition) is 5. The van der Waals surface area contributed by atoms with E-state index in [0.717, 1.165) is 0 Å². The van der Waals surface area contributed by atoms with Gasteiger partial charge in [-0.2, -0.15) is 0 Å². The fraction of sp³-hybridized carbons (Fsp3) is 0.312. The van der Waals surface area contributed by atoms with Crippen molar-refractivity contribution in [3.8, 4) is 0 Å². The maximum atomic E-state index is 12.3. The average Bonchev–Trinajstić information content (AvgIpc) is 2.53. The number of nitrogens with one attached hydrogen (secondary N) is 3. The Bertz CT molecular complexity index is 737. The molecule has 0 aromatic heterocycles. The van der Waals surface area contributed by atoms with E-state index in [4.69, 9.17) is 34.3 Å². The molecule has 0 atom stereocenters. The summed E-state index contributed by atoms with van der Waals surface area (Å²) in [5, 5.41) is 14.6. The van der Waals surface area contributed by atoms with Crippen molar-refractivity contribution in [2.45, 2.75) is 12.8 Å². The lowest BCUT2D eigenvalue weighted by atomic mass is 10.1. The van der Waals surface area contributed by atoms with Crippen LogP contribution in [0.2, 0.25) is 10.0 Å². The number of carbonyl (C=O) groups excluding carboxylic acids is 2. The molecular formula is C16H18Cl2N4O2S. The van der Waals surface area contributed by atoms with Gasteiger partial charge in [-0.15, -0.1) is 11.8 Å². The number of nitrogens with two attached hydrogens (primary N) is 1. The van der Waals surface area contributed by atoms with Crippen LogP contribution in [-0.4, -0.2) is 36.4 Å². The van der Waals surface area contributed by atoms with Gasteiger partial charge in [0.15, 0.2) is 0 Å². The Balaban J connectivity index is 2.33. The summed E-state index contributed by atoms with van der Waals surface area (Å²) in [6, 6.07) is 2.94.